The van der Waals surface area contributed by atoms with E-state index in [0.29, 0.717) is 0 Å². The van der Waals surface area contributed by atoms with E-state index < -0.39 is 0 Å². The minimum atomic E-state index is -0.304. The van der Waals surface area contributed by atoms with Gasteiger partial charge in [-0.2, -0.15) is 0 Å². The molecule has 0 saturated carbocycles. The highest BCUT2D eigenvalue weighted by Gasteiger charge is 2.51. The zero-order valence-corrected chi connectivity index (χ0v) is 21.9. The van der Waals surface area contributed by atoms with Gasteiger partial charge in [0, 0.05) is 16.9 Å². The summed E-state index contributed by atoms with van der Waals surface area (Å²) < 4.78 is 0. The Kier molecular flexibility index (Phi) is 4.60. The number of aryl methyl sites for hydroxylation is 1. The van der Waals surface area contributed by atoms with Gasteiger partial charge in [0.15, 0.2) is 0 Å². The number of benzene rings is 5. The summed E-state index contributed by atoms with van der Waals surface area (Å²) in [5.74, 6) is 0. The van der Waals surface area contributed by atoms with Crippen molar-refractivity contribution in [3.8, 4) is 22.3 Å². The second kappa shape index (κ2) is 7.70. The molecule has 180 valence electrons. The van der Waals surface area contributed by atoms with Crippen molar-refractivity contribution < 1.29 is 0 Å². The van der Waals surface area contributed by atoms with Crippen LogP contribution in [0.5, 0.6) is 0 Å². The quantitative estimate of drug-likeness (QED) is 0.261. The first kappa shape index (κ1) is 22.1. The lowest BCUT2D eigenvalue weighted by atomic mass is 9.70. The molecular formula is C36H31N. The molecule has 0 amide bonds. The largest absolute Gasteiger partial charge is 0.355 e. The summed E-state index contributed by atoms with van der Waals surface area (Å²) in [6.07, 6.45) is 0. The molecule has 0 atom stereocenters. The Balaban J connectivity index is 1.48. The van der Waals surface area contributed by atoms with Crippen LogP contribution in [0.1, 0.15) is 54.2 Å². The van der Waals surface area contributed by atoms with Crippen LogP contribution < -0.4 is 5.32 Å². The SMILES string of the molecule is Cc1cc(C(C)(C)C)ccc1Nc1cccc2c1-c1ccccc1C21c2ccccc2-c2ccccc21. The van der Waals surface area contributed by atoms with Crippen molar-refractivity contribution in [2.75, 3.05) is 5.32 Å². The Bertz CT molecular complexity index is 1650. The maximum absolute atomic E-state index is 3.85. The fraction of sp³-hybridized carbons (Fsp3) is 0.167. The van der Waals surface area contributed by atoms with E-state index in [9.17, 15) is 0 Å². The van der Waals surface area contributed by atoms with Crippen LogP contribution >= 0.6 is 0 Å². The number of fused-ring (bicyclic) bond motifs is 10. The lowest BCUT2D eigenvalue weighted by Crippen LogP contribution is -2.25. The van der Waals surface area contributed by atoms with Crippen LogP contribution in [0.4, 0.5) is 11.4 Å². The second-order valence-corrected chi connectivity index (χ2v) is 11.5. The van der Waals surface area contributed by atoms with Gasteiger partial charge in [-0.1, -0.05) is 118 Å². The van der Waals surface area contributed by atoms with Crippen molar-refractivity contribution >= 4 is 11.4 Å². The molecule has 0 heterocycles. The third kappa shape index (κ3) is 2.98. The van der Waals surface area contributed by atoms with Gasteiger partial charge >= 0.3 is 0 Å². The van der Waals surface area contributed by atoms with Crippen LogP contribution in [-0.2, 0) is 10.8 Å². The third-order valence-electron chi connectivity index (χ3n) is 8.38. The van der Waals surface area contributed by atoms with E-state index in [4.69, 9.17) is 0 Å². The Hall–Kier alpha value is -4.10. The number of hydrogen-bond donors (Lipinski definition) is 1. The molecule has 0 saturated heterocycles. The second-order valence-electron chi connectivity index (χ2n) is 11.5. The molecule has 0 fully saturated rings. The van der Waals surface area contributed by atoms with Gasteiger partial charge < -0.3 is 5.32 Å². The first-order valence-electron chi connectivity index (χ1n) is 13.2. The van der Waals surface area contributed by atoms with Crippen molar-refractivity contribution in [1.29, 1.82) is 0 Å². The molecule has 2 aliphatic rings. The highest BCUT2D eigenvalue weighted by atomic mass is 14.9. The normalized spacial score (nSPS) is 14.2. The molecule has 7 rings (SSSR count). The number of nitrogens with one attached hydrogen (secondary N) is 1. The van der Waals surface area contributed by atoms with E-state index in [1.165, 1.54) is 55.6 Å². The average Bonchev–Trinajstić information content (AvgIpc) is 3.37. The molecule has 1 spiro atoms. The monoisotopic (exact) mass is 477 g/mol. The molecule has 0 radical (unpaired) electrons. The van der Waals surface area contributed by atoms with Crippen molar-refractivity contribution in [2.24, 2.45) is 0 Å². The van der Waals surface area contributed by atoms with Gasteiger partial charge in [-0.05, 0) is 74.5 Å². The van der Waals surface area contributed by atoms with E-state index >= 15 is 0 Å². The third-order valence-corrected chi connectivity index (χ3v) is 8.38. The standard InChI is InChI=1S/C36H31N/c1-23-22-24(35(2,3)4)20-21-32(23)37-33-19-11-18-31-34(33)27-14-7-10-17-30(27)36(31)28-15-8-5-12-25(28)26-13-6-9-16-29(26)36/h5-22,37H,1-4H3. The van der Waals surface area contributed by atoms with E-state index in [1.807, 2.05) is 0 Å². The van der Waals surface area contributed by atoms with Crippen LogP contribution in [-0.4, -0.2) is 0 Å². The van der Waals surface area contributed by atoms with Gasteiger partial charge in [0.25, 0.3) is 0 Å². The topological polar surface area (TPSA) is 12.0 Å². The summed E-state index contributed by atoms with van der Waals surface area (Å²) in [5.41, 5.74) is 15.6. The minimum Gasteiger partial charge on any atom is -0.355 e. The maximum Gasteiger partial charge on any atom is 0.0726 e. The fourth-order valence-corrected chi connectivity index (χ4v) is 6.66. The van der Waals surface area contributed by atoms with Crippen LogP contribution in [0.25, 0.3) is 22.3 Å². The Morgan fingerprint density at radius 2 is 1.08 bits per heavy atom. The minimum absolute atomic E-state index is 0.131. The van der Waals surface area contributed by atoms with Crippen molar-refractivity contribution in [1.82, 2.24) is 0 Å². The van der Waals surface area contributed by atoms with E-state index in [2.05, 4.69) is 142 Å². The van der Waals surface area contributed by atoms with Crippen molar-refractivity contribution in [3.05, 3.63) is 143 Å². The van der Waals surface area contributed by atoms with Gasteiger partial charge in [-0.3, -0.25) is 0 Å². The van der Waals surface area contributed by atoms with Crippen molar-refractivity contribution in [3.63, 3.8) is 0 Å². The van der Waals surface area contributed by atoms with Crippen LogP contribution in [0.2, 0.25) is 0 Å². The highest BCUT2D eigenvalue weighted by molar-refractivity contribution is 5.99. The molecule has 0 aromatic heterocycles. The van der Waals surface area contributed by atoms with E-state index in [0.717, 1.165) is 11.4 Å². The van der Waals surface area contributed by atoms with E-state index in [-0.39, 0.29) is 10.8 Å². The van der Waals surface area contributed by atoms with Gasteiger partial charge in [0.1, 0.15) is 0 Å². The first-order valence-corrected chi connectivity index (χ1v) is 13.2. The Morgan fingerprint density at radius 1 is 0.541 bits per heavy atom. The smallest absolute Gasteiger partial charge is 0.0726 e. The molecule has 0 bridgehead atoms. The summed E-state index contributed by atoms with van der Waals surface area (Å²) in [6.45, 7) is 9.02. The fourth-order valence-electron chi connectivity index (χ4n) is 6.66. The van der Waals surface area contributed by atoms with Crippen molar-refractivity contribution in [2.45, 2.75) is 38.5 Å². The molecule has 0 aliphatic heterocycles. The number of anilines is 2. The Morgan fingerprint density at radius 3 is 1.68 bits per heavy atom. The van der Waals surface area contributed by atoms with Gasteiger partial charge in [-0.15, -0.1) is 0 Å². The lowest BCUT2D eigenvalue weighted by Gasteiger charge is -2.30. The molecule has 1 N–H and O–H groups in total. The van der Waals surface area contributed by atoms with Gasteiger partial charge in [0.2, 0.25) is 0 Å². The highest BCUT2D eigenvalue weighted by Crippen LogP contribution is 2.63. The molecule has 1 nitrogen and oxygen atoms in total. The predicted octanol–water partition coefficient (Wildman–Crippen LogP) is 9.38. The predicted molar refractivity (Wildman–Crippen MR) is 156 cm³/mol. The van der Waals surface area contributed by atoms with Crippen LogP contribution in [0.15, 0.2) is 109 Å². The zero-order valence-electron chi connectivity index (χ0n) is 21.9. The molecule has 37 heavy (non-hydrogen) atoms. The lowest BCUT2D eigenvalue weighted by molar-refractivity contribution is 0.590. The summed E-state index contributed by atoms with van der Waals surface area (Å²) in [6, 6.07) is 40.6. The average molecular weight is 478 g/mol. The van der Waals surface area contributed by atoms with Gasteiger partial charge in [0.05, 0.1) is 5.41 Å². The molecule has 0 unspecified atom stereocenters. The zero-order chi connectivity index (χ0) is 25.4. The molecule has 5 aromatic carbocycles. The summed E-state index contributed by atoms with van der Waals surface area (Å²) in [4.78, 5) is 0. The molecule has 1 heteroatoms. The van der Waals surface area contributed by atoms with E-state index in [1.54, 1.807) is 0 Å². The number of rotatable bonds is 2. The Labute approximate surface area is 219 Å². The van der Waals surface area contributed by atoms with Crippen LogP contribution in [0, 0.1) is 6.92 Å². The number of hydrogen-bond acceptors (Lipinski definition) is 1. The first-order chi connectivity index (χ1) is 17.9. The van der Waals surface area contributed by atoms with Crippen LogP contribution in [0.3, 0.4) is 0 Å². The molecular weight excluding hydrogens is 446 g/mol. The maximum atomic E-state index is 3.85. The molecule has 5 aromatic rings. The summed E-state index contributed by atoms with van der Waals surface area (Å²) in [5, 5.41) is 3.85. The summed E-state index contributed by atoms with van der Waals surface area (Å²) >= 11 is 0. The summed E-state index contributed by atoms with van der Waals surface area (Å²) in [7, 11) is 0. The molecule has 2 aliphatic carbocycles. The van der Waals surface area contributed by atoms with Gasteiger partial charge in [-0.25, -0.2) is 0 Å².